The number of carboxylic acids is 1. The topological polar surface area (TPSA) is 151 Å². The molecule has 2 atom stereocenters. The number of aromatic nitrogens is 3. The number of nitrogens with zero attached hydrogens (tertiary/aromatic N) is 3. The highest BCUT2D eigenvalue weighted by Crippen LogP contribution is 2.40. The second-order valence-corrected chi connectivity index (χ2v) is 7.23. The monoisotopic (exact) mass is 371 g/mol. The lowest BCUT2D eigenvalue weighted by Crippen LogP contribution is -2.68. The Balaban J connectivity index is 1.87. The normalized spacial score (nSPS) is 23.1. The van der Waals surface area contributed by atoms with Gasteiger partial charge in [-0.15, -0.1) is 11.8 Å². The summed E-state index contributed by atoms with van der Waals surface area (Å²) in [6.07, 6.45) is 0. The molecule has 3 rings (SSSR count). The second-order valence-electron chi connectivity index (χ2n) is 5.18. The molecule has 12 heteroatoms. The van der Waals surface area contributed by atoms with E-state index in [2.05, 4.69) is 10.1 Å². The van der Waals surface area contributed by atoms with Gasteiger partial charge in [-0.2, -0.15) is 4.98 Å². The average molecular weight is 371 g/mol. The van der Waals surface area contributed by atoms with Crippen LogP contribution in [0.4, 0.5) is 0 Å². The number of aromatic amines is 1. The number of thioether (sulfide) groups is 2. The van der Waals surface area contributed by atoms with E-state index in [1.165, 1.54) is 28.4 Å². The number of nitrogens with two attached hydrogens (primary N) is 1. The van der Waals surface area contributed by atoms with E-state index in [0.717, 1.165) is 11.8 Å². The Morgan fingerprint density at radius 1 is 1.50 bits per heavy atom. The number of β-lactam (4-membered cyclic amide) rings is 1. The van der Waals surface area contributed by atoms with Crippen molar-refractivity contribution < 1.29 is 14.7 Å². The van der Waals surface area contributed by atoms with Crippen LogP contribution in [0.1, 0.15) is 0 Å². The van der Waals surface area contributed by atoms with Gasteiger partial charge in [-0.3, -0.25) is 29.1 Å². The molecule has 0 spiro atoms. The van der Waals surface area contributed by atoms with Crippen LogP contribution in [-0.4, -0.2) is 59.6 Å². The van der Waals surface area contributed by atoms with E-state index in [4.69, 9.17) is 5.73 Å². The predicted octanol–water partition coefficient (Wildman–Crippen LogP) is -1.86. The largest absolute Gasteiger partial charge is 0.477 e. The fourth-order valence-electron chi connectivity index (χ4n) is 2.43. The number of H-pyrrole nitrogens is 1. The van der Waals surface area contributed by atoms with Crippen molar-refractivity contribution in [3.8, 4) is 0 Å². The summed E-state index contributed by atoms with van der Waals surface area (Å²) in [5, 5.41) is 11.6. The molecule has 1 fully saturated rings. The van der Waals surface area contributed by atoms with Crippen LogP contribution in [0.3, 0.4) is 0 Å². The summed E-state index contributed by atoms with van der Waals surface area (Å²) in [5.41, 5.74) is 4.42. The maximum atomic E-state index is 11.9. The first-order valence-corrected chi connectivity index (χ1v) is 8.80. The minimum atomic E-state index is -1.19. The summed E-state index contributed by atoms with van der Waals surface area (Å²) >= 11 is 2.50. The van der Waals surface area contributed by atoms with Gasteiger partial charge in [0.25, 0.3) is 0 Å². The third-order valence-corrected chi connectivity index (χ3v) is 6.09. The Bertz CT molecular complexity index is 875. The maximum absolute atomic E-state index is 11.9. The van der Waals surface area contributed by atoms with Crippen molar-refractivity contribution in [2.24, 2.45) is 12.8 Å². The Kier molecular flexibility index (Phi) is 4.27. The molecule has 1 aromatic rings. The van der Waals surface area contributed by atoms with Crippen molar-refractivity contribution in [2.45, 2.75) is 16.6 Å². The lowest BCUT2D eigenvalue weighted by molar-refractivity contribution is -0.147. The SMILES string of the molecule is Cn1[nH]c(=O)c(=O)nc1SCC1=C(C(=O)O)N2C(=O)[C@H](N)C2SC1. The van der Waals surface area contributed by atoms with Gasteiger partial charge in [0.1, 0.15) is 17.1 Å². The van der Waals surface area contributed by atoms with Crippen molar-refractivity contribution in [2.75, 3.05) is 11.5 Å². The summed E-state index contributed by atoms with van der Waals surface area (Å²) in [4.78, 5) is 50.8. The van der Waals surface area contributed by atoms with Gasteiger partial charge in [0.2, 0.25) is 5.91 Å². The number of hydrogen-bond acceptors (Lipinski definition) is 8. The lowest BCUT2D eigenvalue weighted by Gasteiger charge is -2.48. The molecule has 0 bridgehead atoms. The number of aliphatic carboxylic acids is 1. The van der Waals surface area contributed by atoms with E-state index in [1.54, 1.807) is 0 Å². The van der Waals surface area contributed by atoms with Gasteiger partial charge in [0.05, 0.1) is 0 Å². The summed E-state index contributed by atoms with van der Waals surface area (Å²) < 4.78 is 1.29. The van der Waals surface area contributed by atoms with Crippen LogP contribution >= 0.6 is 23.5 Å². The molecule has 1 saturated heterocycles. The van der Waals surface area contributed by atoms with Crippen LogP contribution in [0.25, 0.3) is 0 Å². The molecule has 2 aliphatic heterocycles. The van der Waals surface area contributed by atoms with Crippen LogP contribution in [0.15, 0.2) is 26.0 Å². The number of nitrogens with one attached hydrogen (secondary N) is 1. The number of amides is 1. The minimum absolute atomic E-state index is 0.0626. The van der Waals surface area contributed by atoms with Crippen molar-refractivity contribution in [1.82, 2.24) is 19.7 Å². The number of hydrogen-bond donors (Lipinski definition) is 3. The van der Waals surface area contributed by atoms with Gasteiger partial charge >= 0.3 is 17.1 Å². The quantitative estimate of drug-likeness (QED) is 0.314. The lowest BCUT2D eigenvalue weighted by atomic mass is 10.0. The van der Waals surface area contributed by atoms with Crippen molar-refractivity contribution in [1.29, 1.82) is 0 Å². The second kappa shape index (κ2) is 6.11. The Morgan fingerprint density at radius 3 is 2.88 bits per heavy atom. The number of fused-ring (bicyclic) bond motifs is 1. The molecule has 0 aliphatic carbocycles. The molecule has 2 aliphatic rings. The van der Waals surface area contributed by atoms with Crippen LogP contribution in [0.2, 0.25) is 0 Å². The third-order valence-electron chi connectivity index (χ3n) is 3.61. The number of rotatable bonds is 4. The standard InChI is InChI=1S/C12H13N5O5S2/c1-16-12(14-7(18)8(19)15-16)24-3-4-2-23-10-5(13)9(20)17(10)6(4)11(21)22/h5,10H,2-3,13H2,1H3,(H,15,19)(H,21,22)/t5-,10?/m0/s1. The molecule has 0 saturated carbocycles. The molecule has 1 aromatic heterocycles. The molecular formula is C12H13N5O5S2. The zero-order chi connectivity index (χ0) is 17.6. The van der Waals surface area contributed by atoms with E-state index in [1.807, 2.05) is 0 Å². The molecule has 1 unspecified atom stereocenters. The zero-order valence-corrected chi connectivity index (χ0v) is 14.0. The smallest absolute Gasteiger partial charge is 0.352 e. The number of carbonyl (C=O) groups is 2. The number of carboxylic acid groups (broad SMARTS) is 1. The Hall–Kier alpha value is -2.05. The molecule has 3 heterocycles. The molecule has 1 amide bonds. The van der Waals surface area contributed by atoms with Crippen LogP contribution in [-0.2, 0) is 16.6 Å². The first-order valence-electron chi connectivity index (χ1n) is 6.77. The highest BCUT2D eigenvalue weighted by atomic mass is 32.2. The Morgan fingerprint density at radius 2 is 2.21 bits per heavy atom. The third kappa shape index (κ3) is 2.65. The van der Waals surface area contributed by atoms with Crippen LogP contribution in [0, 0.1) is 0 Å². The molecule has 4 N–H and O–H groups in total. The van der Waals surface area contributed by atoms with Crippen LogP contribution in [0.5, 0.6) is 0 Å². The molecule has 24 heavy (non-hydrogen) atoms. The number of carbonyl (C=O) groups excluding carboxylic acids is 1. The molecule has 0 aromatic carbocycles. The highest BCUT2D eigenvalue weighted by Gasteiger charge is 2.51. The van der Waals surface area contributed by atoms with Gasteiger partial charge < -0.3 is 10.8 Å². The summed E-state index contributed by atoms with van der Waals surface area (Å²) in [6, 6.07) is -0.680. The fourth-order valence-corrected chi connectivity index (χ4v) is 4.78. The van der Waals surface area contributed by atoms with E-state index >= 15 is 0 Å². The van der Waals surface area contributed by atoms with Gasteiger partial charge in [-0.25, -0.2) is 4.79 Å². The molecular weight excluding hydrogens is 358 g/mol. The summed E-state index contributed by atoms with van der Waals surface area (Å²) in [7, 11) is 1.52. The van der Waals surface area contributed by atoms with Gasteiger partial charge in [0, 0.05) is 18.6 Å². The van der Waals surface area contributed by atoms with E-state index in [9.17, 15) is 24.3 Å². The first kappa shape index (κ1) is 16.8. The first-order chi connectivity index (χ1) is 11.3. The summed E-state index contributed by atoms with van der Waals surface area (Å²) in [6.45, 7) is 0. The maximum Gasteiger partial charge on any atom is 0.352 e. The van der Waals surface area contributed by atoms with Crippen molar-refractivity contribution in [3.63, 3.8) is 0 Å². The van der Waals surface area contributed by atoms with E-state index < -0.39 is 29.0 Å². The molecule has 0 radical (unpaired) electrons. The fraction of sp³-hybridized carbons (Fsp3) is 0.417. The zero-order valence-electron chi connectivity index (χ0n) is 12.4. The number of aryl methyl sites for hydroxylation is 1. The summed E-state index contributed by atoms with van der Waals surface area (Å²) in [5.74, 6) is -0.984. The minimum Gasteiger partial charge on any atom is -0.477 e. The van der Waals surface area contributed by atoms with E-state index in [-0.39, 0.29) is 22.0 Å². The van der Waals surface area contributed by atoms with Gasteiger partial charge in [-0.1, -0.05) is 11.8 Å². The molecule has 128 valence electrons. The predicted molar refractivity (Wildman–Crippen MR) is 86.6 cm³/mol. The van der Waals surface area contributed by atoms with Crippen molar-refractivity contribution >= 4 is 35.4 Å². The van der Waals surface area contributed by atoms with Gasteiger partial charge in [-0.05, 0) is 5.57 Å². The highest BCUT2D eigenvalue weighted by molar-refractivity contribution is 8.01. The van der Waals surface area contributed by atoms with Gasteiger partial charge in [0.15, 0.2) is 5.16 Å². The van der Waals surface area contributed by atoms with Crippen molar-refractivity contribution in [3.05, 3.63) is 32.0 Å². The molecule has 10 nitrogen and oxygen atoms in total. The van der Waals surface area contributed by atoms with E-state index in [0.29, 0.717) is 11.3 Å². The average Bonchev–Trinajstić information content (AvgIpc) is 2.55. The van der Waals surface area contributed by atoms with Crippen LogP contribution < -0.4 is 16.9 Å². The Labute approximate surface area is 143 Å².